The first kappa shape index (κ1) is 21.0. The summed E-state index contributed by atoms with van der Waals surface area (Å²) in [6.45, 7) is 6.36. The van der Waals surface area contributed by atoms with Gasteiger partial charge < -0.3 is 15.0 Å². The van der Waals surface area contributed by atoms with Crippen LogP contribution in [-0.2, 0) is 9.53 Å². The van der Waals surface area contributed by atoms with Crippen LogP contribution in [0.2, 0.25) is 0 Å². The summed E-state index contributed by atoms with van der Waals surface area (Å²) in [6.07, 6.45) is 0. The molecule has 0 spiro atoms. The van der Waals surface area contributed by atoms with E-state index in [9.17, 15) is 14.4 Å². The number of nitrogens with one attached hydrogen (secondary N) is 1. The van der Waals surface area contributed by atoms with Gasteiger partial charge in [-0.3, -0.25) is 14.5 Å². The van der Waals surface area contributed by atoms with Crippen LogP contribution in [0.1, 0.15) is 31.2 Å². The van der Waals surface area contributed by atoms with E-state index in [-0.39, 0.29) is 18.4 Å². The van der Waals surface area contributed by atoms with Crippen LogP contribution in [-0.4, -0.2) is 67.4 Å². The summed E-state index contributed by atoms with van der Waals surface area (Å²) in [4.78, 5) is 41.9. The summed E-state index contributed by atoms with van der Waals surface area (Å²) >= 11 is 1.37. The van der Waals surface area contributed by atoms with Crippen LogP contribution in [0.3, 0.4) is 0 Å². The molecule has 7 nitrogen and oxygen atoms in total. The molecule has 0 radical (unpaired) electrons. The number of ether oxygens (including phenoxy) is 1. The Morgan fingerprint density at radius 3 is 2.34 bits per heavy atom. The molecule has 1 N–H and O–H groups in total. The number of esters is 1. The van der Waals surface area contributed by atoms with Crippen molar-refractivity contribution in [2.45, 2.75) is 13.8 Å². The fraction of sp³-hybridized carbons (Fsp3) is 0.381. The predicted molar refractivity (Wildman–Crippen MR) is 113 cm³/mol. The number of anilines is 1. The smallest absolute Gasteiger partial charge is 0.341 e. The fourth-order valence-corrected chi connectivity index (χ4v) is 4.37. The maximum absolute atomic E-state index is 12.5. The van der Waals surface area contributed by atoms with E-state index in [1.165, 1.54) is 18.4 Å². The zero-order valence-corrected chi connectivity index (χ0v) is 17.7. The highest BCUT2D eigenvalue weighted by atomic mass is 32.1. The van der Waals surface area contributed by atoms with Gasteiger partial charge in [-0.1, -0.05) is 18.2 Å². The maximum atomic E-state index is 12.5. The second-order valence-corrected chi connectivity index (χ2v) is 8.19. The summed E-state index contributed by atoms with van der Waals surface area (Å²) in [5, 5.41) is 3.37. The van der Waals surface area contributed by atoms with Crippen LogP contribution in [0.5, 0.6) is 0 Å². The van der Waals surface area contributed by atoms with E-state index in [1.54, 1.807) is 0 Å². The zero-order chi connectivity index (χ0) is 21.0. The Morgan fingerprint density at radius 2 is 1.72 bits per heavy atom. The molecule has 154 valence electrons. The van der Waals surface area contributed by atoms with E-state index >= 15 is 0 Å². The molecule has 0 bridgehead atoms. The first-order valence-electron chi connectivity index (χ1n) is 9.45. The Morgan fingerprint density at radius 1 is 1.07 bits per heavy atom. The third-order valence-electron chi connectivity index (χ3n) is 5.08. The van der Waals surface area contributed by atoms with Gasteiger partial charge >= 0.3 is 5.97 Å². The quantitative estimate of drug-likeness (QED) is 0.760. The lowest BCUT2D eigenvalue weighted by molar-refractivity contribution is -0.117. The van der Waals surface area contributed by atoms with Gasteiger partial charge in [0.2, 0.25) is 5.91 Å². The molecule has 1 aliphatic rings. The van der Waals surface area contributed by atoms with Crippen molar-refractivity contribution in [1.29, 1.82) is 0 Å². The van der Waals surface area contributed by atoms with Crippen LogP contribution in [0.25, 0.3) is 0 Å². The van der Waals surface area contributed by atoms with Gasteiger partial charge in [0.15, 0.2) is 0 Å². The van der Waals surface area contributed by atoms with E-state index < -0.39 is 5.97 Å². The molecular weight excluding hydrogens is 390 g/mol. The summed E-state index contributed by atoms with van der Waals surface area (Å²) < 4.78 is 4.84. The van der Waals surface area contributed by atoms with Crippen molar-refractivity contribution in [2.75, 3.05) is 45.2 Å². The van der Waals surface area contributed by atoms with E-state index in [0.717, 1.165) is 10.4 Å². The normalized spacial score (nSPS) is 14.5. The molecule has 2 aromatic rings. The molecule has 2 amide bonds. The zero-order valence-electron chi connectivity index (χ0n) is 16.9. The number of hydrogen-bond acceptors (Lipinski definition) is 6. The van der Waals surface area contributed by atoms with Crippen molar-refractivity contribution in [3.63, 3.8) is 0 Å². The Balaban J connectivity index is 1.55. The first-order valence-corrected chi connectivity index (χ1v) is 10.3. The van der Waals surface area contributed by atoms with Crippen molar-refractivity contribution < 1.29 is 19.1 Å². The van der Waals surface area contributed by atoms with Gasteiger partial charge in [-0.25, -0.2) is 4.79 Å². The highest BCUT2D eigenvalue weighted by Gasteiger charge is 2.25. The minimum absolute atomic E-state index is 0.0157. The Hall–Kier alpha value is -2.71. The number of carbonyl (C=O) groups excluding carboxylic acids is 3. The SMILES string of the molecule is COC(=O)c1c(NC(=O)CN2CCN(C(=O)c3ccccc3)CC2)sc(C)c1C. The minimum Gasteiger partial charge on any atom is -0.465 e. The number of thiophene rings is 1. The topological polar surface area (TPSA) is 79.0 Å². The lowest BCUT2D eigenvalue weighted by Gasteiger charge is -2.34. The van der Waals surface area contributed by atoms with Crippen molar-refractivity contribution in [1.82, 2.24) is 9.80 Å². The van der Waals surface area contributed by atoms with E-state index in [0.29, 0.717) is 42.3 Å². The molecule has 8 heteroatoms. The third kappa shape index (κ3) is 4.83. The number of piperazine rings is 1. The molecule has 1 aromatic carbocycles. The Bertz CT molecular complexity index is 902. The van der Waals surface area contributed by atoms with E-state index in [2.05, 4.69) is 5.32 Å². The van der Waals surface area contributed by atoms with Crippen molar-refractivity contribution in [2.24, 2.45) is 0 Å². The summed E-state index contributed by atoms with van der Waals surface area (Å²) in [5.74, 6) is -0.614. The highest BCUT2D eigenvalue weighted by Crippen LogP contribution is 2.32. The van der Waals surface area contributed by atoms with Crippen molar-refractivity contribution in [3.05, 3.63) is 51.9 Å². The summed E-state index contributed by atoms with van der Waals surface area (Å²) in [6, 6.07) is 9.21. The minimum atomic E-state index is -0.449. The molecule has 29 heavy (non-hydrogen) atoms. The molecule has 0 atom stereocenters. The number of aryl methyl sites for hydroxylation is 1. The number of methoxy groups -OCH3 is 1. The van der Waals surface area contributed by atoms with Crippen LogP contribution < -0.4 is 5.32 Å². The van der Waals surface area contributed by atoms with Gasteiger partial charge in [-0.2, -0.15) is 0 Å². The lowest BCUT2D eigenvalue weighted by atomic mass is 10.1. The largest absolute Gasteiger partial charge is 0.465 e. The van der Waals surface area contributed by atoms with Gasteiger partial charge in [0.05, 0.1) is 19.2 Å². The van der Waals surface area contributed by atoms with Crippen LogP contribution in [0.4, 0.5) is 5.00 Å². The van der Waals surface area contributed by atoms with E-state index in [1.807, 2.05) is 54.0 Å². The van der Waals surface area contributed by atoms with Gasteiger partial charge in [0, 0.05) is 36.6 Å². The maximum Gasteiger partial charge on any atom is 0.341 e. The molecule has 0 saturated carbocycles. The first-order chi connectivity index (χ1) is 13.9. The fourth-order valence-electron chi connectivity index (χ4n) is 3.30. The van der Waals surface area contributed by atoms with Gasteiger partial charge in [0.25, 0.3) is 5.91 Å². The van der Waals surface area contributed by atoms with Gasteiger partial charge in [-0.05, 0) is 31.5 Å². The number of carbonyl (C=O) groups is 3. The standard InChI is InChI=1S/C21H25N3O4S/c1-14-15(2)29-19(18(14)21(27)28-3)22-17(25)13-23-9-11-24(12-10-23)20(26)16-7-5-4-6-8-16/h4-8H,9-13H2,1-3H3,(H,22,25). The second kappa shape index (κ2) is 9.19. The molecular formula is C21H25N3O4S. The van der Waals surface area contributed by atoms with Gasteiger partial charge in [0.1, 0.15) is 5.00 Å². The predicted octanol–water partition coefficient (Wildman–Crippen LogP) is 2.55. The molecule has 1 aliphatic heterocycles. The lowest BCUT2D eigenvalue weighted by Crippen LogP contribution is -2.50. The number of benzene rings is 1. The summed E-state index contributed by atoms with van der Waals surface area (Å²) in [7, 11) is 1.33. The molecule has 3 rings (SSSR count). The Kier molecular flexibility index (Phi) is 6.66. The number of nitrogens with zero attached hydrogens (tertiary/aromatic N) is 2. The van der Waals surface area contributed by atoms with Crippen molar-refractivity contribution in [3.8, 4) is 0 Å². The summed E-state index contributed by atoms with van der Waals surface area (Å²) in [5.41, 5.74) is 1.92. The molecule has 0 unspecified atom stereocenters. The third-order valence-corrected chi connectivity index (χ3v) is 6.20. The monoisotopic (exact) mass is 415 g/mol. The molecule has 1 fully saturated rings. The average Bonchev–Trinajstić information content (AvgIpc) is 3.01. The van der Waals surface area contributed by atoms with Gasteiger partial charge in [-0.15, -0.1) is 11.3 Å². The molecule has 1 aromatic heterocycles. The Labute approximate surface area is 174 Å². The van der Waals surface area contributed by atoms with Crippen molar-refractivity contribution >= 4 is 34.1 Å². The number of hydrogen-bond donors (Lipinski definition) is 1. The highest BCUT2D eigenvalue weighted by molar-refractivity contribution is 7.16. The second-order valence-electron chi connectivity index (χ2n) is 6.96. The molecule has 0 aliphatic carbocycles. The average molecular weight is 416 g/mol. The molecule has 2 heterocycles. The molecule has 1 saturated heterocycles. The van der Waals surface area contributed by atoms with Crippen LogP contribution in [0.15, 0.2) is 30.3 Å². The number of amides is 2. The van der Waals surface area contributed by atoms with E-state index in [4.69, 9.17) is 4.74 Å². The van der Waals surface area contributed by atoms with Crippen LogP contribution in [0, 0.1) is 13.8 Å². The van der Waals surface area contributed by atoms with Crippen LogP contribution >= 0.6 is 11.3 Å². The number of rotatable bonds is 5.